The van der Waals surface area contributed by atoms with E-state index in [4.69, 9.17) is 4.74 Å². The standard InChI is InChI=1S/C16H23N3O/c1-5-10-17-16-18-13(4)11-19(16)14-6-8-15(9-7-14)20-12(2)3/h6-9,11-12H,5,10H2,1-4H3,(H,17,18). The molecule has 0 aliphatic heterocycles. The molecular formula is C16H23N3O. The van der Waals surface area contributed by atoms with Crippen LogP contribution in [0.1, 0.15) is 32.9 Å². The van der Waals surface area contributed by atoms with Crippen molar-refractivity contribution in [1.29, 1.82) is 0 Å². The van der Waals surface area contributed by atoms with Gasteiger partial charge in [-0.05, 0) is 51.5 Å². The van der Waals surface area contributed by atoms with Crippen molar-refractivity contribution in [2.45, 2.75) is 40.2 Å². The van der Waals surface area contributed by atoms with Crippen molar-refractivity contribution in [3.05, 3.63) is 36.2 Å². The third kappa shape index (κ3) is 3.53. The van der Waals surface area contributed by atoms with Crippen LogP contribution in [0, 0.1) is 6.92 Å². The van der Waals surface area contributed by atoms with E-state index < -0.39 is 0 Å². The van der Waals surface area contributed by atoms with Crippen LogP contribution in [-0.4, -0.2) is 22.2 Å². The van der Waals surface area contributed by atoms with Crippen LogP contribution in [0.4, 0.5) is 5.95 Å². The Morgan fingerprint density at radius 3 is 2.55 bits per heavy atom. The molecule has 2 aromatic rings. The average molecular weight is 273 g/mol. The number of nitrogens with zero attached hydrogens (tertiary/aromatic N) is 2. The van der Waals surface area contributed by atoms with Crippen molar-refractivity contribution in [3.63, 3.8) is 0 Å². The van der Waals surface area contributed by atoms with E-state index in [1.54, 1.807) is 0 Å². The summed E-state index contributed by atoms with van der Waals surface area (Å²) in [5, 5.41) is 3.35. The Balaban J connectivity index is 2.22. The molecule has 108 valence electrons. The molecule has 1 aromatic heterocycles. The fraction of sp³-hybridized carbons (Fsp3) is 0.438. The van der Waals surface area contributed by atoms with Crippen LogP contribution < -0.4 is 10.1 Å². The van der Waals surface area contributed by atoms with Gasteiger partial charge in [0.1, 0.15) is 5.75 Å². The molecule has 1 aromatic carbocycles. The van der Waals surface area contributed by atoms with Crippen molar-refractivity contribution in [2.24, 2.45) is 0 Å². The first-order valence-corrected chi connectivity index (χ1v) is 7.17. The van der Waals surface area contributed by atoms with Gasteiger partial charge in [-0.2, -0.15) is 0 Å². The molecule has 2 rings (SSSR count). The lowest BCUT2D eigenvalue weighted by atomic mass is 10.3. The van der Waals surface area contributed by atoms with Crippen molar-refractivity contribution >= 4 is 5.95 Å². The largest absolute Gasteiger partial charge is 0.491 e. The number of nitrogens with one attached hydrogen (secondary N) is 1. The number of hydrogen-bond donors (Lipinski definition) is 1. The van der Waals surface area contributed by atoms with Gasteiger partial charge < -0.3 is 10.1 Å². The highest BCUT2D eigenvalue weighted by Crippen LogP contribution is 2.20. The Morgan fingerprint density at radius 2 is 1.95 bits per heavy atom. The number of anilines is 1. The minimum absolute atomic E-state index is 0.193. The van der Waals surface area contributed by atoms with E-state index in [1.807, 2.05) is 39.1 Å². The van der Waals surface area contributed by atoms with E-state index in [2.05, 4.69) is 33.9 Å². The van der Waals surface area contributed by atoms with Crippen LogP contribution in [0.2, 0.25) is 0 Å². The Kier molecular flexibility index (Phi) is 4.66. The molecule has 0 aliphatic rings. The highest BCUT2D eigenvalue weighted by Gasteiger charge is 2.07. The summed E-state index contributed by atoms with van der Waals surface area (Å²) in [5.74, 6) is 1.78. The normalized spacial score (nSPS) is 10.8. The van der Waals surface area contributed by atoms with Gasteiger partial charge in [0.15, 0.2) is 0 Å². The molecule has 0 spiro atoms. The van der Waals surface area contributed by atoms with Gasteiger partial charge in [-0.1, -0.05) is 6.92 Å². The second-order valence-electron chi connectivity index (χ2n) is 5.16. The third-order valence-electron chi connectivity index (χ3n) is 2.85. The van der Waals surface area contributed by atoms with E-state index in [9.17, 15) is 0 Å². The molecule has 0 bridgehead atoms. The van der Waals surface area contributed by atoms with E-state index in [-0.39, 0.29) is 6.10 Å². The maximum atomic E-state index is 5.66. The SMILES string of the molecule is CCCNc1nc(C)cn1-c1ccc(OC(C)C)cc1. The number of aromatic nitrogens is 2. The summed E-state index contributed by atoms with van der Waals surface area (Å²) >= 11 is 0. The minimum atomic E-state index is 0.193. The molecule has 0 fully saturated rings. The summed E-state index contributed by atoms with van der Waals surface area (Å²) in [6.45, 7) is 9.12. The quantitative estimate of drug-likeness (QED) is 0.870. The van der Waals surface area contributed by atoms with Gasteiger partial charge in [0.2, 0.25) is 5.95 Å². The number of aryl methyl sites for hydroxylation is 1. The molecule has 1 N–H and O–H groups in total. The van der Waals surface area contributed by atoms with Crippen LogP contribution in [0.3, 0.4) is 0 Å². The molecule has 4 heteroatoms. The predicted molar refractivity (Wildman–Crippen MR) is 82.8 cm³/mol. The van der Waals surface area contributed by atoms with Gasteiger partial charge in [-0.15, -0.1) is 0 Å². The first-order chi connectivity index (χ1) is 9.60. The first-order valence-electron chi connectivity index (χ1n) is 7.17. The smallest absolute Gasteiger partial charge is 0.207 e. The number of benzene rings is 1. The second-order valence-corrected chi connectivity index (χ2v) is 5.16. The summed E-state index contributed by atoms with van der Waals surface area (Å²) in [5.41, 5.74) is 2.09. The van der Waals surface area contributed by atoms with E-state index >= 15 is 0 Å². The Morgan fingerprint density at radius 1 is 1.25 bits per heavy atom. The van der Waals surface area contributed by atoms with Crippen molar-refractivity contribution in [3.8, 4) is 11.4 Å². The lowest BCUT2D eigenvalue weighted by Gasteiger charge is -2.12. The lowest BCUT2D eigenvalue weighted by Crippen LogP contribution is -2.07. The number of imidazole rings is 1. The highest BCUT2D eigenvalue weighted by atomic mass is 16.5. The van der Waals surface area contributed by atoms with E-state index in [0.717, 1.165) is 36.0 Å². The minimum Gasteiger partial charge on any atom is -0.491 e. The maximum absolute atomic E-state index is 5.66. The van der Waals surface area contributed by atoms with Crippen LogP contribution in [0.15, 0.2) is 30.5 Å². The molecule has 0 unspecified atom stereocenters. The molecule has 0 amide bonds. The topological polar surface area (TPSA) is 39.1 Å². The Hall–Kier alpha value is -1.97. The van der Waals surface area contributed by atoms with Crippen LogP contribution >= 0.6 is 0 Å². The zero-order valence-electron chi connectivity index (χ0n) is 12.7. The monoisotopic (exact) mass is 273 g/mol. The Labute approximate surface area is 120 Å². The summed E-state index contributed by atoms with van der Waals surface area (Å²) in [4.78, 5) is 4.52. The van der Waals surface area contributed by atoms with Gasteiger partial charge in [0.25, 0.3) is 0 Å². The molecule has 0 saturated heterocycles. The zero-order valence-corrected chi connectivity index (χ0v) is 12.7. The lowest BCUT2D eigenvalue weighted by molar-refractivity contribution is 0.242. The highest BCUT2D eigenvalue weighted by molar-refractivity contribution is 5.45. The number of rotatable bonds is 6. The third-order valence-corrected chi connectivity index (χ3v) is 2.85. The van der Waals surface area contributed by atoms with Crippen molar-refractivity contribution < 1.29 is 4.74 Å². The van der Waals surface area contributed by atoms with Crippen LogP contribution in [0.25, 0.3) is 5.69 Å². The van der Waals surface area contributed by atoms with Gasteiger partial charge in [-0.25, -0.2) is 4.98 Å². The summed E-state index contributed by atoms with van der Waals surface area (Å²) < 4.78 is 7.74. The van der Waals surface area contributed by atoms with Crippen molar-refractivity contribution in [2.75, 3.05) is 11.9 Å². The maximum Gasteiger partial charge on any atom is 0.207 e. The van der Waals surface area contributed by atoms with Crippen LogP contribution in [0.5, 0.6) is 5.75 Å². The summed E-state index contributed by atoms with van der Waals surface area (Å²) in [7, 11) is 0. The van der Waals surface area contributed by atoms with Gasteiger partial charge in [-0.3, -0.25) is 4.57 Å². The Bertz CT molecular complexity index is 543. The molecule has 0 saturated carbocycles. The number of ether oxygens (including phenoxy) is 1. The summed E-state index contributed by atoms with van der Waals surface area (Å²) in [6, 6.07) is 8.09. The fourth-order valence-corrected chi connectivity index (χ4v) is 2.01. The fourth-order valence-electron chi connectivity index (χ4n) is 2.01. The predicted octanol–water partition coefficient (Wildman–Crippen LogP) is 3.79. The number of hydrogen-bond acceptors (Lipinski definition) is 3. The average Bonchev–Trinajstić information content (AvgIpc) is 2.78. The molecule has 4 nitrogen and oxygen atoms in total. The second kappa shape index (κ2) is 6.46. The van der Waals surface area contributed by atoms with E-state index in [0.29, 0.717) is 0 Å². The summed E-state index contributed by atoms with van der Waals surface area (Å²) in [6.07, 6.45) is 3.31. The van der Waals surface area contributed by atoms with E-state index in [1.165, 1.54) is 0 Å². The molecule has 20 heavy (non-hydrogen) atoms. The molecule has 1 heterocycles. The van der Waals surface area contributed by atoms with Crippen molar-refractivity contribution in [1.82, 2.24) is 9.55 Å². The molecule has 0 aliphatic carbocycles. The van der Waals surface area contributed by atoms with Gasteiger partial charge in [0.05, 0.1) is 11.8 Å². The molecule has 0 radical (unpaired) electrons. The van der Waals surface area contributed by atoms with Gasteiger partial charge in [0, 0.05) is 18.4 Å². The zero-order chi connectivity index (χ0) is 14.5. The van der Waals surface area contributed by atoms with Gasteiger partial charge >= 0.3 is 0 Å². The molecular weight excluding hydrogens is 250 g/mol. The first kappa shape index (κ1) is 14.4. The molecule has 0 atom stereocenters. The van der Waals surface area contributed by atoms with Crippen LogP contribution in [-0.2, 0) is 0 Å².